The molecule has 2 heterocycles. The molecule has 0 aliphatic carbocycles. The van der Waals surface area contributed by atoms with Crippen LogP contribution in [0.25, 0.3) is 5.57 Å². The predicted molar refractivity (Wildman–Crippen MR) is 143 cm³/mol. The van der Waals surface area contributed by atoms with Gasteiger partial charge in [-0.25, -0.2) is 4.90 Å². The highest BCUT2D eigenvalue weighted by Gasteiger charge is 2.40. The van der Waals surface area contributed by atoms with Gasteiger partial charge in [0.2, 0.25) is 0 Å². The Labute approximate surface area is 207 Å². The van der Waals surface area contributed by atoms with E-state index in [1.54, 1.807) is 6.07 Å². The van der Waals surface area contributed by atoms with E-state index in [0.29, 0.717) is 17.0 Å². The highest BCUT2D eigenvalue weighted by Crippen LogP contribution is 2.35. The largest absolute Gasteiger partial charge is 0.372 e. The molecular weight excluding hydrogens is 434 g/mol. The van der Waals surface area contributed by atoms with E-state index in [0.717, 1.165) is 41.0 Å². The lowest BCUT2D eigenvalue weighted by atomic mass is 9.99. The molecule has 178 valence electrons. The number of piperidine rings is 1. The Bertz CT molecular complexity index is 1320. The quantitative estimate of drug-likeness (QED) is 0.470. The zero-order valence-electron chi connectivity index (χ0n) is 20.6. The average Bonchev–Trinajstić information content (AvgIpc) is 3.11. The van der Waals surface area contributed by atoms with Gasteiger partial charge in [-0.05, 0) is 98.7 Å². The molecule has 0 aromatic heterocycles. The number of hydrogen-bond acceptors (Lipinski definition) is 4. The van der Waals surface area contributed by atoms with Crippen molar-refractivity contribution in [2.45, 2.75) is 40.0 Å². The molecule has 0 unspecified atom stereocenters. The first kappa shape index (κ1) is 22.9. The molecule has 2 amide bonds. The standard InChI is InChI=1S/C30H31N3O2/c1-20-8-7-9-26(18-20)33-29(34)27(23-11-10-21(2)22(3)19-23)28(30(33)35)31-24-12-14-25(15-13-24)32-16-5-4-6-17-32/h7-15,18-19,31H,4-6,16-17H2,1-3H3. The van der Waals surface area contributed by atoms with E-state index in [1.807, 2.05) is 69.3 Å². The van der Waals surface area contributed by atoms with E-state index < -0.39 is 0 Å². The SMILES string of the molecule is Cc1cccc(N2C(=O)C(Nc3ccc(N4CCCCC4)cc3)=C(c3ccc(C)c(C)c3)C2=O)c1. The summed E-state index contributed by atoms with van der Waals surface area (Å²) in [5, 5.41) is 3.30. The zero-order valence-corrected chi connectivity index (χ0v) is 20.6. The van der Waals surface area contributed by atoms with Crippen molar-refractivity contribution in [2.24, 2.45) is 0 Å². The maximum atomic E-state index is 13.7. The first-order valence-electron chi connectivity index (χ1n) is 12.3. The van der Waals surface area contributed by atoms with Crippen molar-refractivity contribution >= 4 is 34.4 Å². The Kier molecular flexibility index (Phi) is 6.16. The molecule has 2 aliphatic rings. The molecular formula is C30H31N3O2. The second-order valence-electron chi connectivity index (χ2n) is 9.55. The van der Waals surface area contributed by atoms with Crippen LogP contribution in [0, 0.1) is 20.8 Å². The van der Waals surface area contributed by atoms with Crippen LogP contribution in [0.3, 0.4) is 0 Å². The van der Waals surface area contributed by atoms with Crippen molar-refractivity contribution < 1.29 is 9.59 Å². The molecule has 2 aliphatic heterocycles. The Morgan fingerprint density at radius 1 is 0.714 bits per heavy atom. The number of nitrogens with zero attached hydrogens (tertiary/aromatic N) is 2. The molecule has 1 saturated heterocycles. The highest BCUT2D eigenvalue weighted by molar-refractivity contribution is 6.46. The molecule has 1 N–H and O–H groups in total. The number of anilines is 3. The highest BCUT2D eigenvalue weighted by atomic mass is 16.2. The lowest BCUT2D eigenvalue weighted by molar-refractivity contribution is -0.120. The molecule has 0 radical (unpaired) electrons. The lowest BCUT2D eigenvalue weighted by Gasteiger charge is -2.28. The van der Waals surface area contributed by atoms with Crippen LogP contribution in [0.15, 0.2) is 72.4 Å². The summed E-state index contributed by atoms with van der Waals surface area (Å²) in [4.78, 5) is 31.0. The molecule has 0 bridgehead atoms. The molecule has 1 fully saturated rings. The number of carbonyl (C=O) groups is 2. The third-order valence-corrected chi connectivity index (χ3v) is 7.00. The van der Waals surface area contributed by atoms with Crippen LogP contribution in [0.4, 0.5) is 17.1 Å². The van der Waals surface area contributed by atoms with E-state index in [9.17, 15) is 9.59 Å². The van der Waals surface area contributed by atoms with Crippen LogP contribution in [-0.4, -0.2) is 24.9 Å². The summed E-state index contributed by atoms with van der Waals surface area (Å²) in [6, 6.07) is 21.5. The number of carbonyl (C=O) groups excluding carboxylic acids is 2. The minimum Gasteiger partial charge on any atom is -0.372 e. The van der Waals surface area contributed by atoms with E-state index in [1.165, 1.54) is 29.8 Å². The minimum atomic E-state index is -0.339. The number of benzene rings is 3. The third kappa shape index (κ3) is 4.46. The molecule has 35 heavy (non-hydrogen) atoms. The first-order valence-corrected chi connectivity index (χ1v) is 12.3. The van der Waals surface area contributed by atoms with Gasteiger partial charge in [-0.2, -0.15) is 0 Å². The van der Waals surface area contributed by atoms with Gasteiger partial charge in [0.05, 0.1) is 11.3 Å². The van der Waals surface area contributed by atoms with Crippen LogP contribution < -0.4 is 15.1 Å². The first-order chi connectivity index (χ1) is 16.9. The minimum absolute atomic E-state index is 0.309. The molecule has 3 aromatic rings. The maximum absolute atomic E-state index is 13.7. The smallest absolute Gasteiger partial charge is 0.282 e. The monoisotopic (exact) mass is 465 g/mol. The van der Waals surface area contributed by atoms with Crippen molar-refractivity contribution in [3.8, 4) is 0 Å². The summed E-state index contributed by atoms with van der Waals surface area (Å²) in [6.07, 6.45) is 3.73. The molecule has 5 nitrogen and oxygen atoms in total. The normalized spacial score (nSPS) is 16.3. The van der Waals surface area contributed by atoms with Gasteiger partial charge in [-0.1, -0.05) is 30.3 Å². The Hall–Kier alpha value is -3.86. The summed E-state index contributed by atoms with van der Waals surface area (Å²) in [5.74, 6) is -0.648. The number of imide groups is 1. The molecule has 5 heteroatoms. The molecule has 0 atom stereocenters. The second-order valence-corrected chi connectivity index (χ2v) is 9.55. The Morgan fingerprint density at radius 2 is 1.46 bits per heavy atom. The summed E-state index contributed by atoms with van der Waals surface area (Å²) >= 11 is 0. The van der Waals surface area contributed by atoms with Gasteiger partial charge in [-0.3, -0.25) is 9.59 Å². The van der Waals surface area contributed by atoms with Crippen LogP contribution >= 0.6 is 0 Å². The van der Waals surface area contributed by atoms with Crippen LogP contribution in [0.5, 0.6) is 0 Å². The fourth-order valence-electron chi connectivity index (χ4n) is 4.86. The van der Waals surface area contributed by atoms with Crippen LogP contribution in [0.2, 0.25) is 0 Å². The van der Waals surface area contributed by atoms with E-state index in [2.05, 4.69) is 22.3 Å². The van der Waals surface area contributed by atoms with Gasteiger partial charge < -0.3 is 10.2 Å². The molecule has 5 rings (SSSR count). The van der Waals surface area contributed by atoms with E-state index in [-0.39, 0.29) is 11.8 Å². The van der Waals surface area contributed by atoms with E-state index >= 15 is 0 Å². The Morgan fingerprint density at radius 3 is 2.14 bits per heavy atom. The van der Waals surface area contributed by atoms with E-state index in [4.69, 9.17) is 0 Å². The zero-order chi connectivity index (χ0) is 24.5. The fourth-order valence-corrected chi connectivity index (χ4v) is 4.86. The number of hydrogen-bond donors (Lipinski definition) is 1. The van der Waals surface area contributed by atoms with Crippen molar-refractivity contribution in [1.82, 2.24) is 0 Å². The number of rotatable bonds is 5. The number of aryl methyl sites for hydroxylation is 3. The fraction of sp³-hybridized carbons (Fsp3) is 0.267. The van der Waals surface area contributed by atoms with Gasteiger partial charge >= 0.3 is 0 Å². The lowest BCUT2D eigenvalue weighted by Crippen LogP contribution is -2.32. The Balaban J connectivity index is 1.52. The predicted octanol–water partition coefficient (Wildman–Crippen LogP) is 6.00. The van der Waals surface area contributed by atoms with Crippen molar-refractivity contribution in [2.75, 3.05) is 28.2 Å². The van der Waals surface area contributed by atoms with Gasteiger partial charge in [0.25, 0.3) is 11.8 Å². The second kappa shape index (κ2) is 9.41. The summed E-state index contributed by atoms with van der Waals surface area (Å²) in [6.45, 7) is 8.17. The van der Waals surface area contributed by atoms with Gasteiger partial charge in [-0.15, -0.1) is 0 Å². The number of amides is 2. The third-order valence-electron chi connectivity index (χ3n) is 7.00. The summed E-state index contributed by atoms with van der Waals surface area (Å²) in [7, 11) is 0. The molecule has 0 saturated carbocycles. The number of nitrogens with one attached hydrogen (secondary N) is 1. The summed E-state index contributed by atoms with van der Waals surface area (Å²) in [5.41, 5.74) is 7.23. The average molecular weight is 466 g/mol. The van der Waals surface area contributed by atoms with Crippen molar-refractivity contribution in [1.29, 1.82) is 0 Å². The van der Waals surface area contributed by atoms with Crippen molar-refractivity contribution in [3.63, 3.8) is 0 Å². The van der Waals surface area contributed by atoms with Crippen molar-refractivity contribution in [3.05, 3.63) is 94.7 Å². The van der Waals surface area contributed by atoms with Gasteiger partial charge in [0.15, 0.2) is 0 Å². The van der Waals surface area contributed by atoms with Gasteiger partial charge in [0, 0.05) is 24.5 Å². The topological polar surface area (TPSA) is 52.7 Å². The van der Waals surface area contributed by atoms with Gasteiger partial charge in [0.1, 0.15) is 5.70 Å². The molecule has 0 spiro atoms. The van der Waals surface area contributed by atoms with Crippen LogP contribution in [0.1, 0.15) is 41.5 Å². The maximum Gasteiger partial charge on any atom is 0.282 e. The van der Waals surface area contributed by atoms with Crippen LogP contribution in [-0.2, 0) is 9.59 Å². The summed E-state index contributed by atoms with van der Waals surface area (Å²) < 4.78 is 0. The molecule has 3 aromatic carbocycles.